The van der Waals surface area contributed by atoms with Crippen molar-refractivity contribution in [3.05, 3.63) is 6.42 Å². The lowest BCUT2D eigenvalue weighted by Gasteiger charge is -1.95. The van der Waals surface area contributed by atoms with Gasteiger partial charge >= 0.3 is 5.97 Å². The fourth-order valence-electron chi connectivity index (χ4n) is 0.349. The highest BCUT2D eigenvalue weighted by atomic mass is 16.5. The van der Waals surface area contributed by atoms with Crippen LogP contribution in [-0.2, 0) is 9.53 Å². The van der Waals surface area contributed by atoms with Crippen LogP contribution in [0, 0.1) is 17.8 Å². The molecular weight excluding hydrogens is 118 g/mol. The fourth-order valence-corrected chi connectivity index (χ4v) is 0.349. The average molecular weight is 126 g/mol. The van der Waals surface area contributed by atoms with Gasteiger partial charge in [0.05, 0.1) is 25.5 Å². The summed E-state index contributed by atoms with van der Waals surface area (Å²) in [6.45, 7) is 2.10. The number of esters is 1. The minimum atomic E-state index is -0.348. The molecule has 3 heteroatoms. The molecule has 0 unspecified atom stereocenters. The van der Waals surface area contributed by atoms with Crippen LogP contribution in [0.5, 0.6) is 0 Å². The van der Waals surface area contributed by atoms with E-state index in [0.29, 0.717) is 6.61 Å². The summed E-state index contributed by atoms with van der Waals surface area (Å²) in [5.74, 6) is -0.348. The van der Waals surface area contributed by atoms with Crippen molar-refractivity contribution in [1.82, 2.24) is 0 Å². The molecule has 0 fully saturated rings. The number of carbonyl (C=O) groups excluding carboxylic acids is 1. The summed E-state index contributed by atoms with van der Waals surface area (Å²) in [7, 11) is 0. The first-order valence-electron chi connectivity index (χ1n) is 2.68. The van der Waals surface area contributed by atoms with Gasteiger partial charge in [0.15, 0.2) is 0 Å². The highest BCUT2D eigenvalue weighted by molar-refractivity contribution is 5.71. The van der Waals surface area contributed by atoms with Crippen molar-refractivity contribution < 1.29 is 9.53 Å². The summed E-state index contributed by atoms with van der Waals surface area (Å²) >= 11 is 0. The Labute approximate surface area is 54.2 Å². The lowest BCUT2D eigenvalue weighted by atomic mass is 10.3. The zero-order chi connectivity index (χ0) is 7.11. The zero-order valence-corrected chi connectivity index (χ0v) is 5.26. The standard InChI is InChI=1S/C6H8NO2/c1-2-9-6(8)4-3-5-7/h3H,2,4H2,1H3. The van der Waals surface area contributed by atoms with Crippen molar-refractivity contribution in [2.45, 2.75) is 13.3 Å². The Kier molecular flexibility index (Phi) is 4.51. The van der Waals surface area contributed by atoms with E-state index in [4.69, 9.17) is 5.26 Å². The molecule has 0 amide bonds. The topological polar surface area (TPSA) is 50.1 Å². The Morgan fingerprint density at radius 3 is 3.00 bits per heavy atom. The molecule has 0 N–H and O–H groups in total. The first-order chi connectivity index (χ1) is 4.31. The van der Waals surface area contributed by atoms with Gasteiger partial charge in [-0.3, -0.25) is 4.79 Å². The quantitative estimate of drug-likeness (QED) is 0.522. The van der Waals surface area contributed by atoms with Crippen molar-refractivity contribution in [1.29, 1.82) is 5.26 Å². The van der Waals surface area contributed by atoms with E-state index in [2.05, 4.69) is 4.74 Å². The van der Waals surface area contributed by atoms with Gasteiger partial charge in [-0.25, -0.2) is 0 Å². The lowest BCUT2D eigenvalue weighted by molar-refractivity contribution is -0.142. The van der Waals surface area contributed by atoms with Crippen LogP contribution >= 0.6 is 0 Å². The van der Waals surface area contributed by atoms with Crippen molar-refractivity contribution in [3.8, 4) is 6.07 Å². The number of nitriles is 1. The summed E-state index contributed by atoms with van der Waals surface area (Å²) in [6.07, 6.45) is 1.29. The van der Waals surface area contributed by atoms with Crippen LogP contribution in [0.3, 0.4) is 0 Å². The van der Waals surface area contributed by atoms with E-state index in [1.807, 2.05) is 0 Å². The fraction of sp³-hybridized carbons (Fsp3) is 0.500. The molecule has 9 heavy (non-hydrogen) atoms. The van der Waals surface area contributed by atoms with E-state index >= 15 is 0 Å². The molecule has 0 saturated heterocycles. The first kappa shape index (κ1) is 7.96. The van der Waals surface area contributed by atoms with Crippen LogP contribution in [0.1, 0.15) is 13.3 Å². The summed E-state index contributed by atoms with van der Waals surface area (Å²) < 4.78 is 4.52. The van der Waals surface area contributed by atoms with Gasteiger partial charge in [0, 0.05) is 0 Å². The molecule has 0 aliphatic rings. The lowest BCUT2D eigenvalue weighted by Crippen LogP contribution is -2.02. The van der Waals surface area contributed by atoms with E-state index in [9.17, 15) is 4.79 Å². The molecule has 49 valence electrons. The van der Waals surface area contributed by atoms with Crippen molar-refractivity contribution >= 4 is 5.97 Å². The maximum Gasteiger partial charge on any atom is 0.307 e. The summed E-state index contributed by atoms with van der Waals surface area (Å²) in [6, 6.07) is 1.73. The predicted octanol–water partition coefficient (Wildman–Crippen LogP) is 0.667. The van der Waals surface area contributed by atoms with E-state index in [1.165, 1.54) is 6.42 Å². The third-order valence-electron chi connectivity index (χ3n) is 0.665. The molecule has 0 heterocycles. The molecule has 0 aromatic carbocycles. The SMILES string of the molecule is CCOC(=O)C[CH]C#N. The highest BCUT2D eigenvalue weighted by Crippen LogP contribution is 1.88. The van der Waals surface area contributed by atoms with Crippen molar-refractivity contribution in [2.75, 3.05) is 6.61 Å². The molecule has 0 atom stereocenters. The van der Waals surface area contributed by atoms with Crippen LogP contribution in [0.25, 0.3) is 0 Å². The third-order valence-corrected chi connectivity index (χ3v) is 0.665. The molecule has 0 spiro atoms. The maximum absolute atomic E-state index is 10.4. The van der Waals surface area contributed by atoms with Gasteiger partial charge in [-0.2, -0.15) is 5.26 Å². The Morgan fingerprint density at radius 1 is 1.89 bits per heavy atom. The Hall–Kier alpha value is -1.04. The number of hydrogen-bond acceptors (Lipinski definition) is 3. The Bertz CT molecular complexity index is 126. The molecule has 0 bridgehead atoms. The largest absolute Gasteiger partial charge is 0.466 e. The van der Waals surface area contributed by atoms with E-state index in [0.717, 1.165) is 0 Å². The third kappa shape index (κ3) is 4.82. The first-order valence-corrected chi connectivity index (χ1v) is 2.68. The molecular formula is C6H8NO2. The van der Waals surface area contributed by atoms with Gasteiger partial charge in [-0.05, 0) is 6.92 Å². The highest BCUT2D eigenvalue weighted by Gasteiger charge is 1.98. The number of rotatable bonds is 3. The van der Waals surface area contributed by atoms with Gasteiger partial charge in [0.25, 0.3) is 0 Å². The van der Waals surface area contributed by atoms with Crippen LogP contribution in [0.15, 0.2) is 0 Å². The minimum Gasteiger partial charge on any atom is -0.466 e. The van der Waals surface area contributed by atoms with E-state index in [1.54, 1.807) is 13.0 Å². The molecule has 1 radical (unpaired) electrons. The smallest absolute Gasteiger partial charge is 0.307 e. The zero-order valence-electron chi connectivity index (χ0n) is 5.26. The van der Waals surface area contributed by atoms with Gasteiger partial charge in [0.1, 0.15) is 0 Å². The van der Waals surface area contributed by atoms with Crippen LogP contribution in [0.2, 0.25) is 0 Å². The molecule has 0 aromatic rings. The number of carbonyl (C=O) groups is 1. The van der Waals surface area contributed by atoms with Crippen molar-refractivity contribution in [3.63, 3.8) is 0 Å². The minimum absolute atomic E-state index is 0.0876. The Morgan fingerprint density at radius 2 is 2.56 bits per heavy atom. The summed E-state index contributed by atoms with van der Waals surface area (Å²) in [5.41, 5.74) is 0. The van der Waals surface area contributed by atoms with Crippen LogP contribution < -0.4 is 0 Å². The van der Waals surface area contributed by atoms with Gasteiger partial charge in [-0.1, -0.05) is 0 Å². The molecule has 3 nitrogen and oxygen atoms in total. The molecule has 0 aliphatic heterocycles. The number of nitrogens with zero attached hydrogens (tertiary/aromatic N) is 1. The van der Waals surface area contributed by atoms with Gasteiger partial charge < -0.3 is 4.74 Å². The molecule has 0 rings (SSSR count). The number of ether oxygens (including phenoxy) is 1. The van der Waals surface area contributed by atoms with Gasteiger partial charge in [-0.15, -0.1) is 0 Å². The monoisotopic (exact) mass is 126 g/mol. The molecule has 0 aromatic heterocycles. The van der Waals surface area contributed by atoms with Crippen LogP contribution in [-0.4, -0.2) is 12.6 Å². The molecule has 0 aliphatic carbocycles. The Balaban J connectivity index is 3.19. The second-order valence-electron chi connectivity index (χ2n) is 1.34. The maximum atomic E-state index is 10.4. The molecule has 0 saturated carbocycles. The summed E-state index contributed by atoms with van der Waals surface area (Å²) in [4.78, 5) is 10.4. The second-order valence-corrected chi connectivity index (χ2v) is 1.34. The summed E-state index contributed by atoms with van der Waals surface area (Å²) in [5, 5.41) is 7.97. The van der Waals surface area contributed by atoms with Gasteiger partial charge in [0.2, 0.25) is 0 Å². The van der Waals surface area contributed by atoms with E-state index < -0.39 is 0 Å². The normalized spacial score (nSPS) is 8.00. The predicted molar refractivity (Wildman–Crippen MR) is 31.2 cm³/mol. The average Bonchev–Trinajstić information content (AvgIpc) is 1.85. The number of hydrogen-bond donors (Lipinski definition) is 0. The van der Waals surface area contributed by atoms with Crippen molar-refractivity contribution in [2.24, 2.45) is 0 Å². The second kappa shape index (κ2) is 5.10. The van der Waals surface area contributed by atoms with Crippen LogP contribution in [0.4, 0.5) is 0 Å². The van der Waals surface area contributed by atoms with E-state index in [-0.39, 0.29) is 12.4 Å².